The minimum absolute atomic E-state index is 0.345. The number of rotatable bonds is 2. The molecule has 1 saturated heterocycles. The van der Waals surface area contributed by atoms with Gasteiger partial charge in [0.1, 0.15) is 29.9 Å². The molecule has 0 radical (unpaired) electrons. The summed E-state index contributed by atoms with van der Waals surface area (Å²) in [5.74, 6) is 0. The number of pyridine rings is 1. The summed E-state index contributed by atoms with van der Waals surface area (Å²) in [5, 5.41) is 36.3. The third-order valence-corrected chi connectivity index (χ3v) is 3.21. The number of nitrogens with one attached hydrogen (secondary N) is 1. The van der Waals surface area contributed by atoms with Gasteiger partial charge in [-0.15, -0.1) is 0 Å². The second-order valence-corrected chi connectivity index (χ2v) is 4.29. The number of fused-ring (bicyclic) bond motifs is 1. The molecule has 3 heterocycles. The predicted octanol–water partition coefficient (Wildman–Crippen LogP) is -0.888. The van der Waals surface area contributed by atoms with Crippen LogP contribution in [0.5, 0.6) is 0 Å². The average molecular weight is 251 g/mol. The van der Waals surface area contributed by atoms with Crippen molar-refractivity contribution >= 4 is 10.9 Å². The number of aromatic amines is 1. The molecule has 2 aromatic rings. The summed E-state index contributed by atoms with van der Waals surface area (Å²) >= 11 is 0. The second kappa shape index (κ2) is 4.29. The van der Waals surface area contributed by atoms with Gasteiger partial charge in [-0.05, 0) is 6.07 Å². The summed E-state index contributed by atoms with van der Waals surface area (Å²) < 4.78 is 5.45. The van der Waals surface area contributed by atoms with Crippen molar-refractivity contribution in [3.63, 3.8) is 0 Å². The Labute approximate surface area is 102 Å². The van der Waals surface area contributed by atoms with Gasteiger partial charge in [-0.25, -0.2) is 0 Å². The van der Waals surface area contributed by atoms with Crippen LogP contribution in [0.15, 0.2) is 18.5 Å². The minimum Gasteiger partial charge on any atom is -0.394 e. The molecule has 18 heavy (non-hydrogen) atoms. The van der Waals surface area contributed by atoms with Crippen LogP contribution in [0.3, 0.4) is 0 Å². The fraction of sp³-hybridized carbons (Fsp3) is 0.455. The summed E-state index contributed by atoms with van der Waals surface area (Å²) in [5.41, 5.74) is 1.24. The maximum Gasteiger partial charge on any atom is 0.129 e. The average Bonchev–Trinajstić information content (AvgIpc) is 2.93. The molecule has 0 unspecified atom stereocenters. The van der Waals surface area contributed by atoms with Crippen LogP contribution in [0.2, 0.25) is 0 Å². The van der Waals surface area contributed by atoms with Crippen molar-refractivity contribution < 1.29 is 20.1 Å². The Bertz CT molecular complexity index is 558. The molecule has 7 nitrogen and oxygen atoms in total. The van der Waals surface area contributed by atoms with Crippen molar-refractivity contribution in [3.05, 3.63) is 24.2 Å². The molecule has 0 bridgehead atoms. The van der Waals surface area contributed by atoms with Gasteiger partial charge in [0.15, 0.2) is 0 Å². The first-order valence-electron chi connectivity index (χ1n) is 5.63. The third kappa shape index (κ3) is 1.60. The summed E-state index contributed by atoms with van der Waals surface area (Å²) in [6.45, 7) is -0.345. The first-order chi connectivity index (χ1) is 8.72. The fourth-order valence-corrected chi connectivity index (χ4v) is 2.24. The van der Waals surface area contributed by atoms with Crippen molar-refractivity contribution in [1.82, 2.24) is 15.2 Å². The van der Waals surface area contributed by atoms with Crippen LogP contribution >= 0.6 is 0 Å². The lowest BCUT2D eigenvalue weighted by Gasteiger charge is -2.12. The number of aromatic nitrogens is 3. The molecule has 4 N–H and O–H groups in total. The van der Waals surface area contributed by atoms with Gasteiger partial charge >= 0.3 is 0 Å². The minimum atomic E-state index is -1.11. The van der Waals surface area contributed by atoms with E-state index in [2.05, 4.69) is 15.2 Å². The van der Waals surface area contributed by atoms with Gasteiger partial charge < -0.3 is 20.1 Å². The lowest BCUT2D eigenvalue weighted by molar-refractivity contribution is -0.0235. The Morgan fingerprint density at radius 3 is 2.89 bits per heavy atom. The topological polar surface area (TPSA) is 111 Å². The molecule has 2 aromatic heterocycles. The molecule has 0 aromatic carbocycles. The smallest absolute Gasteiger partial charge is 0.129 e. The molecule has 0 saturated carbocycles. The highest BCUT2D eigenvalue weighted by molar-refractivity contribution is 5.80. The van der Waals surface area contributed by atoms with Crippen molar-refractivity contribution in [3.8, 4) is 0 Å². The SMILES string of the molecule is OC[C@H]1O[C@@H](c2[nH]nc3cnccc23)[C@H](O)[C@@H]1O. The first kappa shape index (κ1) is 11.5. The zero-order chi connectivity index (χ0) is 12.7. The lowest BCUT2D eigenvalue weighted by atomic mass is 10.0. The number of hydrogen-bond donors (Lipinski definition) is 4. The molecule has 4 atom stereocenters. The van der Waals surface area contributed by atoms with Gasteiger partial charge in [0, 0.05) is 11.6 Å². The van der Waals surface area contributed by atoms with Gasteiger partial charge in [-0.2, -0.15) is 5.10 Å². The summed E-state index contributed by atoms with van der Waals surface area (Å²) in [4.78, 5) is 3.94. The Balaban J connectivity index is 2.00. The normalized spacial score (nSPS) is 32.2. The molecular formula is C11H13N3O4. The summed E-state index contributed by atoms with van der Waals surface area (Å²) in [7, 11) is 0. The van der Waals surface area contributed by atoms with E-state index < -0.39 is 24.4 Å². The maximum absolute atomic E-state index is 9.94. The predicted molar refractivity (Wildman–Crippen MR) is 60.6 cm³/mol. The van der Waals surface area contributed by atoms with Crippen LogP contribution in [0.1, 0.15) is 11.8 Å². The standard InChI is InChI=1S/C11H13N3O4/c15-4-7-9(16)10(17)11(18-7)8-5-1-2-12-3-6(5)13-14-8/h1-3,7,9-11,15-17H,4H2,(H,13,14)/t7-,9-,10-,11+/m1/s1. The van der Waals surface area contributed by atoms with Gasteiger partial charge in [0.05, 0.1) is 18.5 Å². The highest BCUT2D eigenvalue weighted by Crippen LogP contribution is 2.35. The Morgan fingerprint density at radius 1 is 1.33 bits per heavy atom. The van der Waals surface area contributed by atoms with E-state index in [4.69, 9.17) is 9.84 Å². The lowest BCUT2D eigenvalue weighted by Crippen LogP contribution is -2.32. The van der Waals surface area contributed by atoms with Crippen LogP contribution in [-0.4, -0.2) is 55.4 Å². The van der Waals surface area contributed by atoms with Gasteiger partial charge in [-0.1, -0.05) is 0 Å². The summed E-state index contributed by atoms with van der Waals surface area (Å²) in [6.07, 6.45) is -0.520. The number of hydrogen-bond acceptors (Lipinski definition) is 6. The molecule has 0 amide bonds. The van der Waals surface area contributed by atoms with Crippen molar-refractivity contribution in [2.24, 2.45) is 0 Å². The molecular weight excluding hydrogens is 238 g/mol. The van der Waals surface area contributed by atoms with E-state index in [0.717, 1.165) is 5.39 Å². The van der Waals surface area contributed by atoms with E-state index in [1.165, 1.54) is 0 Å². The summed E-state index contributed by atoms with van der Waals surface area (Å²) in [6, 6.07) is 1.75. The Hall–Kier alpha value is -1.54. The van der Waals surface area contributed by atoms with E-state index in [1.807, 2.05) is 0 Å². The fourth-order valence-electron chi connectivity index (χ4n) is 2.24. The van der Waals surface area contributed by atoms with E-state index >= 15 is 0 Å². The molecule has 1 aliphatic rings. The number of aliphatic hydroxyl groups is 3. The molecule has 1 aliphatic heterocycles. The van der Waals surface area contributed by atoms with Crippen LogP contribution < -0.4 is 0 Å². The zero-order valence-corrected chi connectivity index (χ0v) is 9.39. The highest BCUT2D eigenvalue weighted by atomic mass is 16.6. The maximum atomic E-state index is 9.94. The number of nitrogens with zero attached hydrogens (tertiary/aromatic N) is 2. The van der Waals surface area contributed by atoms with Crippen LogP contribution in [0.25, 0.3) is 10.9 Å². The first-order valence-corrected chi connectivity index (χ1v) is 5.63. The van der Waals surface area contributed by atoms with Crippen molar-refractivity contribution in [2.45, 2.75) is 24.4 Å². The van der Waals surface area contributed by atoms with Crippen LogP contribution in [0.4, 0.5) is 0 Å². The number of H-pyrrole nitrogens is 1. The quantitative estimate of drug-likeness (QED) is 0.551. The van der Waals surface area contributed by atoms with E-state index in [-0.39, 0.29) is 6.61 Å². The highest BCUT2D eigenvalue weighted by Gasteiger charge is 2.44. The monoisotopic (exact) mass is 251 g/mol. The van der Waals surface area contributed by atoms with Crippen LogP contribution in [-0.2, 0) is 4.74 Å². The molecule has 0 aliphatic carbocycles. The molecule has 1 fully saturated rings. The number of ether oxygens (including phenoxy) is 1. The van der Waals surface area contributed by atoms with Crippen molar-refractivity contribution in [1.29, 1.82) is 0 Å². The second-order valence-electron chi connectivity index (χ2n) is 4.29. The zero-order valence-electron chi connectivity index (χ0n) is 9.39. The largest absolute Gasteiger partial charge is 0.394 e. The van der Waals surface area contributed by atoms with E-state index in [1.54, 1.807) is 18.5 Å². The van der Waals surface area contributed by atoms with Gasteiger partial charge in [0.2, 0.25) is 0 Å². The van der Waals surface area contributed by atoms with Crippen molar-refractivity contribution in [2.75, 3.05) is 6.61 Å². The van der Waals surface area contributed by atoms with Gasteiger partial charge in [-0.3, -0.25) is 10.1 Å². The van der Waals surface area contributed by atoms with E-state index in [9.17, 15) is 10.2 Å². The Kier molecular flexibility index (Phi) is 2.75. The molecule has 0 spiro atoms. The molecule has 7 heteroatoms. The van der Waals surface area contributed by atoms with Gasteiger partial charge in [0.25, 0.3) is 0 Å². The Morgan fingerprint density at radius 2 is 2.17 bits per heavy atom. The number of aliphatic hydroxyl groups excluding tert-OH is 3. The van der Waals surface area contributed by atoms with E-state index in [0.29, 0.717) is 11.2 Å². The molecule has 3 rings (SSSR count). The van der Waals surface area contributed by atoms with Crippen LogP contribution in [0, 0.1) is 0 Å². The molecule has 96 valence electrons. The third-order valence-electron chi connectivity index (χ3n) is 3.21.